The lowest BCUT2D eigenvalue weighted by Crippen LogP contribution is -2.36. The number of esters is 1. The van der Waals surface area contributed by atoms with Crippen molar-refractivity contribution in [3.8, 4) is 11.5 Å². The number of halogens is 4. The van der Waals surface area contributed by atoms with Crippen molar-refractivity contribution in [3.63, 3.8) is 0 Å². The van der Waals surface area contributed by atoms with E-state index in [0.29, 0.717) is 15.3 Å². The molecule has 1 aliphatic heterocycles. The number of amides is 2. The number of sulfonamides is 1. The highest BCUT2D eigenvalue weighted by molar-refractivity contribution is 7.92. The number of carbonyl (C=O) groups is 3. The van der Waals surface area contributed by atoms with Gasteiger partial charge >= 0.3 is 12.6 Å². The molecule has 2 aromatic carbocycles. The van der Waals surface area contributed by atoms with Crippen LogP contribution in [0.15, 0.2) is 67.4 Å². The topological polar surface area (TPSA) is 172 Å². The molecule has 0 radical (unpaired) electrons. The second-order valence-electron chi connectivity index (χ2n) is 12.2. The maximum absolute atomic E-state index is 13.5. The summed E-state index contributed by atoms with van der Waals surface area (Å²) < 4.78 is 69.5. The fraction of sp³-hybridized carbons (Fsp3) is 0.294. The second-order valence-corrected chi connectivity index (χ2v) is 14.9. The minimum absolute atomic E-state index is 0.0444. The van der Waals surface area contributed by atoms with E-state index in [4.69, 9.17) is 32.7 Å². The van der Waals surface area contributed by atoms with Gasteiger partial charge < -0.3 is 19.4 Å². The summed E-state index contributed by atoms with van der Waals surface area (Å²) in [4.78, 5) is 49.1. The van der Waals surface area contributed by atoms with Crippen LogP contribution in [0.1, 0.15) is 56.5 Å². The molecule has 0 spiro atoms. The number of carbonyl (C=O) groups excluding carboxylic acids is 3. The number of anilines is 1. The molecule has 3 heterocycles. The highest BCUT2D eigenvalue weighted by Gasteiger charge is 2.39. The summed E-state index contributed by atoms with van der Waals surface area (Å²) in [5, 5.41) is 11.8. The third kappa shape index (κ3) is 8.92. The number of hydrogen-bond acceptors (Lipinski definition) is 11. The highest BCUT2D eigenvalue weighted by Crippen LogP contribution is 2.38. The Kier molecular flexibility index (Phi) is 11.0. The van der Waals surface area contributed by atoms with Crippen molar-refractivity contribution in [1.29, 1.82) is 0 Å². The number of hydrogen-bond donors (Lipinski definition) is 0. The van der Waals surface area contributed by atoms with E-state index in [1.165, 1.54) is 55.0 Å². The van der Waals surface area contributed by atoms with E-state index < -0.39 is 47.1 Å². The molecule has 19 heteroatoms. The molecule has 0 unspecified atom stereocenters. The van der Waals surface area contributed by atoms with Crippen LogP contribution in [0.3, 0.4) is 0 Å². The summed E-state index contributed by atoms with van der Waals surface area (Å²) in [6, 6.07) is 7.79. The van der Waals surface area contributed by atoms with Crippen LogP contribution in [0.25, 0.3) is 0 Å². The molecule has 2 aromatic heterocycles. The molecule has 2 aliphatic rings. The lowest BCUT2D eigenvalue weighted by atomic mass is 10.0. The number of nitrogens with zero attached hydrogens (tertiary/aromatic N) is 5. The van der Waals surface area contributed by atoms with Gasteiger partial charge in [-0.3, -0.25) is 33.6 Å². The molecule has 6 rings (SSSR count). The van der Waals surface area contributed by atoms with Crippen molar-refractivity contribution in [2.45, 2.75) is 38.5 Å². The first kappa shape index (κ1) is 37.6. The third-order valence-electron chi connectivity index (χ3n) is 8.30. The standard InChI is InChI=1S/C34H29Cl2F2N5O9S/c1-53(48,49)43(14-21-13-39-8-9-40-21)22-5-6-23-24(11-22)33(46)42(32(23)45)17-31(44)51-29(12-25-26(35)15-41(47)16-27(25)36)20-4-7-28(52-34(37)38)30(10-20)50-18-19-2-3-19/h4-11,13,15-16,19,29,34H,2-3,12,14,17-18H2,1H3/t29-/m0/s1. The molecule has 4 aromatic rings. The normalized spacial score (nSPS) is 14.6. The Morgan fingerprint density at radius 1 is 1.06 bits per heavy atom. The molecule has 1 atom stereocenters. The summed E-state index contributed by atoms with van der Waals surface area (Å²) in [5.41, 5.74) is 0.604. The van der Waals surface area contributed by atoms with E-state index >= 15 is 0 Å². The molecule has 1 saturated carbocycles. The van der Waals surface area contributed by atoms with Gasteiger partial charge in [-0.05, 0) is 54.7 Å². The zero-order chi connectivity index (χ0) is 38.0. The van der Waals surface area contributed by atoms with E-state index in [1.807, 2.05) is 0 Å². The molecule has 1 fully saturated rings. The smallest absolute Gasteiger partial charge is 0.387 e. The van der Waals surface area contributed by atoms with Crippen molar-refractivity contribution in [1.82, 2.24) is 14.9 Å². The van der Waals surface area contributed by atoms with E-state index in [2.05, 4.69) is 14.7 Å². The summed E-state index contributed by atoms with van der Waals surface area (Å²) >= 11 is 12.6. The first-order valence-electron chi connectivity index (χ1n) is 15.9. The van der Waals surface area contributed by atoms with Crippen LogP contribution in [-0.4, -0.2) is 67.1 Å². The molecular weight excluding hydrogens is 763 g/mol. The van der Waals surface area contributed by atoms with Crippen LogP contribution >= 0.6 is 23.2 Å². The van der Waals surface area contributed by atoms with E-state index in [1.54, 1.807) is 0 Å². The molecule has 2 amide bonds. The van der Waals surface area contributed by atoms with Crippen molar-refractivity contribution in [2.75, 3.05) is 23.7 Å². The van der Waals surface area contributed by atoms with Gasteiger partial charge in [0.2, 0.25) is 10.0 Å². The van der Waals surface area contributed by atoms with Gasteiger partial charge in [0.05, 0.1) is 48.1 Å². The number of fused-ring (bicyclic) bond motifs is 1. The summed E-state index contributed by atoms with van der Waals surface area (Å²) in [6.07, 6.45) is 7.59. The van der Waals surface area contributed by atoms with Gasteiger partial charge in [-0.1, -0.05) is 29.3 Å². The molecule has 1 aliphatic carbocycles. The minimum Gasteiger partial charge on any atom is -0.619 e. The summed E-state index contributed by atoms with van der Waals surface area (Å²) in [6.45, 7) is -3.99. The van der Waals surface area contributed by atoms with Gasteiger partial charge in [0.15, 0.2) is 23.9 Å². The minimum atomic E-state index is -3.90. The van der Waals surface area contributed by atoms with Crippen molar-refractivity contribution < 1.29 is 50.5 Å². The zero-order valence-electron chi connectivity index (χ0n) is 27.7. The van der Waals surface area contributed by atoms with Gasteiger partial charge in [-0.2, -0.15) is 13.5 Å². The van der Waals surface area contributed by atoms with E-state index in [9.17, 15) is 36.8 Å². The van der Waals surface area contributed by atoms with E-state index in [0.717, 1.165) is 35.8 Å². The third-order valence-corrected chi connectivity index (χ3v) is 10.1. The lowest BCUT2D eigenvalue weighted by molar-refractivity contribution is -0.605. The van der Waals surface area contributed by atoms with Crippen molar-refractivity contribution in [2.24, 2.45) is 5.92 Å². The lowest BCUT2D eigenvalue weighted by Gasteiger charge is -2.22. The zero-order valence-corrected chi connectivity index (χ0v) is 30.0. The van der Waals surface area contributed by atoms with Crippen LogP contribution in [0.4, 0.5) is 14.5 Å². The Morgan fingerprint density at radius 3 is 2.42 bits per heavy atom. The molecule has 0 bridgehead atoms. The SMILES string of the molecule is CS(=O)(=O)N(Cc1cnccn1)c1ccc2c(c1)C(=O)N(CC(=O)O[C@@H](Cc1c(Cl)c[n+]([O-])cc1Cl)c1ccc(OC(F)F)c(OCC3CC3)c1)C2=O. The maximum atomic E-state index is 13.5. The molecular formula is C34H29Cl2F2N5O9S. The largest absolute Gasteiger partial charge is 0.619 e. The van der Waals surface area contributed by atoms with Crippen LogP contribution in [0.5, 0.6) is 11.5 Å². The fourth-order valence-corrected chi connectivity index (χ4v) is 6.98. The Bertz CT molecular complexity index is 2160. The average Bonchev–Trinajstić information content (AvgIpc) is 3.90. The average molecular weight is 793 g/mol. The number of aromatic nitrogens is 3. The maximum Gasteiger partial charge on any atom is 0.387 e. The monoisotopic (exact) mass is 791 g/mol. The van der Waals surface area contributed by atoms with Gasteiger partial charge in [0.1, 0.15) is 22.7 Å². The quantitative estimate of drug-likeness (QED) is 0.0694. The highest BCUT2D eigenvalue weighted by atomic mass is 35.5. The molecule has 0 saturated heterocycles. The predicted octanol–water partition coefficient (Wildman–Crippen LogP) is 4.90. The first-order valence-corrected chi connectivity index (χ1v) is 18.5. The van der Waals surface area contributed by atoms with Gasteiger partial charge in [-0.15, -0.1) is 0 Å². The molecule has 53 heavy (non-hydrogen) atoms. The molecule has 14 nitrogen and oxygen atoms in total. The van der Waals surface area contributed by atoms with Crippen molar-refractivity contribution in [3.05, 3.63) is 111 Å². The Labute approximate surface area is 311 Å². The number of pyridine rings is 1. The number of ether oxygens (including phenoxy) is 3. The van der Waals surface area contributed by atoms with Crippen molar-refractivity contribution >= 4 is 56.7 Å². The van der Waals surface area contributed by atoms with E-state index in [-0.39, 0.29) is 75.0 Å². The Hall–Kier alpha value is -5.13. The fourth-order valence-electron chi connectivity index (χ4n) is 5.52. The Morgan fingerprint density at radius 2 is 1.77 bits per heavy atom. The van der Waals surface area contributed by atoms with Gasteiger partial charge in [0.25, 0.3) is 11.8 Å². The second kappa shape index (κ2) is 15.5. The number of imide groups is 1. The van der Waals surface area contributed by atoms with Gasteiger partial charge in [-0.25, -0.2) is 8.42 Å². The van der Waals surface area contributed by atoms with Crippen LogP contribution in [-0.2, 0) is 32.5 Å². The predicted molar refractivity (Wildman–Crippen MR) is 184 cm³/mol. The number of alkyl halides is 2. The van der Waals surface area contributed by atoms with Crippen LogP contribution < -0.4 is 18.5 Å². The van der Waals surface area contributed by atoms with Gasteiger partial charge in [0, 0.05) is 24.4 Å². The summed E-state index contributed by atoms with van der Waals surface area (Å²) in [5.74, 6) is -2.82. The van der Waals surface area contributed by atoms with Crippen LogP contribution in [0, 0.1) is 11.1 Å². The van der Waals surface area contributed by atoms with Crippen LogP contribution in [0.2, 0.25) is 10.0 Å². The molecule has 278 valence electrons. The Balaban J connectivity index is 1.26. The number of rotatable bonds is 15. The number of benzene rings is 2. The first-order chi connectivity index (χ1) is 25.2. The molecule has 0 N–H and O–H groups in total. The summed E-state index contributed by atoms with van der Waals surface area (Å²) in [7, 11) is -3.90.